The van der Waals surface area contributed by atoms with Crippen molar-refractivity contribution >= 4 is 17.3 Å². The standard InChI is InChI=1S/C15H17NO3S/c1-11-2-4-12(5-3-11)19-9-8-14-16-10-13(20-14)6-7-15(17)18/h2-5,10H,6-9H2,1H3,(H,17,18). The first-order valence-corrected chi connectivity index (χ1v) is 7.30. The Balaban J connectivity index is 1.76. The lowest BCUT2D eigenvalue weighted by Gasteiger charge is -2.04. The van der Waals surface area contributed by atoms with E-state index in [1.165, 1.54) is 5.56 Å². The number of nitrogens with zero attached hydrogens (tertiary/aromatic N) is 1. The number of hydrogen-bond acceptors (Lipinski definition) is 4. The fourth-order valence-electron chi connectivity index (χ4n) is 1.70. The van der Waals surface area contributed by atoms with Crippen molar-refractivity contribution in [2.45, 2.75) is 26.2 Å². The Morgan fingerprint density at radius 1 is 1.30 bits per heavy atom. The largest absolute Gasteiger partial charge is 0.493 e. The van der Waals surface area contributed by atoms with Gasteiger partial charge in [0.25, 0.3) is 0 Å². The Hall–Kier alpha value is -1.88. The number of aliphatic carboxylic acids is 1. The zero-order chi connectivity index (χ0) is 14.4. The summed E-state index contributed by atoms with van der Waals surface area (Å²) in [5.74, 6) is 0.0842. The molecular formula is C15H17NO3S. The van der Waals surface area contributed by atoms with Gasteiger partial charge in [-0.15, -0.1) is 11.3 Å². The van der Waals surface area contributed by atoms with Crippen molar-refractivity contribution in [2.24, 2.45) is 0 Å². The number of carboxylic acid groups (broad SMARTS) is 1. The van der Waals surface area contributed by atoms with E-state index >= 15 is 0 Å². The SMILES string of the molecule is Cc1ccc(OCCc2ncc(CCC(=O)O)s2)cc1. The van der Waals surface area contributed by atoms with Crippen LogP contribution in [0.2, 0.25) is 0 Å². The zero-order valence-corrected chi connectivity index (χ0v) is 12.2. The summed E-state index contributed by atoms with van der Waals surface area (Å²) in [5.41, 5.74) is 1.21. The first kappa shape index (κ1) is 14.5. The van der Waals surface area contributed by atoms with Crippen LogP contribution in [-0.4, -0.2) is 22.7 Å². The number of carbonyl (C=O) groups is 1. The monoisotopic (exact) mass is 291 g/mol. The van der Waals surface area contributed by atoms with Gasteiger partial charge in [-0.2, -0.15) is 0 Å². The average molecular weight is 291 g/mol. The van der Waals surface area contributed by atoms with Crippen LogP contribution in [0, 0.1) is 6.92 Å². The molecule has 0 bridgehead atoms. The quantitative estimate of drug-likeness (QED) is 0.851. The fourth-order valence-corrected chi connectivity index (χ4v) is 2.60. The van der Waals surface area contributed by atoms with E-state index in [0.717, 1.165) is 22.1 Å². The summed E-state index contributed by atoms with van der Waals surface area (Å²) in [5, 5.41) is 9.62. The van der Waals surface area contributed by atoms with Gasteiger partial charge in [0.05, 0.1) is 18.0 Å². The molecule has 0 radical (unpaired) electrons. The van der Waals surface area contributed by atoms with Crippen molar-refractivity contribution in [1.29, 1.82) is 0 Å². The molecule has 4 nitrogen and oxygen atoms in total. The summed E-state index contributed by atoms with van der Waals surface area (Å²) in [6.45, 7) is 2.62. The van der Waals surface area contributed by atoms with Crippen LogP contribution in [-0.2, 0) is 17.6 Å². The van der Waals surface area contributed by atoms with Gasteiger partial charge in [-0.25, -0.2) is 4.98 Å². The van der Waals surface area contributed by atoms with Crippen molar-refractivity contribution in [2.75, 3.05) is 6.61 Å². The fraction of sp³-hybridized carbons (Fsp3) is 0.333. The van der Waals surface area contributed by atoms with Crippen molar-refractivity contribution in [3.05, 3.63) is 45.9 Å². The molecule has 106 valence electrons. The minimum atomic E-state index is -0.775. The Morgan fingerprint density at radius 3 is 2.75 bits per heavy atom. The normalized spacial score (nSPS) is 10.4. The molecule has 0 atom stereocenters. The van der Waals surface area contributed by atoms with Crippen LogP contribution in [0.4, 0.5) is 0 Å². The molecule has 0 aliphatic carbocycles. The summed E-state index contributed by atoms with van der Waals surface area (Å²) < 4.78 is 5.64. The third-order valence-electron chi connectivity index (χ3n) is 2.79. The van der Waals surface area contributed by atoms with Crippen molar-refractivity contribution < 1.29 is 14.6 Å². The summed E-state index contributed by atoms with van der Waals surface area (Å²) in [4.78, 5) is 15.8. The van der Waals surface area contributed by atoms with Crippen LogP contribution < -0.4 is 4.74 Å². The predicted molar refractivity (Wildman–Crippen MR) is 78.4 cm³/mol. The van der Waals surface area contributed by atoms with Crippen molar-refractivity contribution in [3.63, 3.8) is 0 Å². The maximum absolute atomic E-state index is 10.5. The zero-order valence-electron chi connectivity index (χ0n) is 11.3. The number of aromatic nitrogens is 1. The molecule has 1 N–H and O–H groups in total. The van der Waals surface area contributed by atoms with Gasteiger partial charge in [-0.05, 0) is 25.5 Å². The lowest BCUT2D eigenvalue weighted by atomic mass is 10.2. The van der Waals surface area contributed by atoms with E-state index < -0.39 is 5.97 Å². The van der Waals surface area contributed by atoms with E-state index in [1.54, 1.807) is 17.5 Å². The highest BCUT2D eigenvalue weighted by atomic mass is 32.1. The third kappa shape index (κ3) is 4.66. The van der Waals surface area contributed by atoms with E-state index in [0.29, 0.717) is 13.0 Å². The maximum Gasteiger partial charge on any atom is 0.303 e. The van der Waals surface area contributed by atoms with Gasteiger partial charge >= 0.3 is 5.97 Å². The minimum Gasteiger partial charge on any atom is -0.493 e. The highest BCUT2D eigenvalue weighted by Gasteiger charge is 2.05. The van der Waals surface area contributed by atoms with Crippen LogP contribution >= 0.6 is 11.3 Å². The Bertz CT molecular complexity index is 563. The predicted octanol–water partition coefficient (Wildman–Crippen LogP) is 3.09. The molecule has 0 saturated heterocycles. The number of thiazole rings is 1. The topological polar surface area (TPSA) is 59.4 Å². The van der Waals surface area contributed by atoms with Gasteiger partial charge in [0.15, 0.2) is 0 Å². The maximum atomic E-state index is 10.5. The lowest BCUT2D eigenvalue weighted by molar-refractivity contribution is -0.136. The molecule has 2 rings (SSSR count). The molecule has 0 spiro atoms. The molecule has 0 fully saturated rings. The number of rotatable bonds is 7. The summed E-state index contributed by atoms with van der Waals surface area (Å²) in [7, 11) is 0. The van der Waals surface area contributed by atoms with Crippen molar-refractivity contribution in [1.82, 2.24) is 4.98 Å². The van der Waals surface area contributed by atoms with E-state index in [2.05, 4.69) is 4.98 Å². The molecule has 1 heterocycles. The van der Waals surface area contributed by atoms with Gasteiger partial charge < -0.3 is 9.84 Å². The Morgan fingerprint density at radius 2 is 2.05 bits per heavy atom. The number of ether oxygens (including phenoxy) is 1. The van der Waals surface area contributed by atoms with E-state index in [-0.39, 0.29) is 6.42 Å². The van der Waals surface area contributed by atoms with Gasteiger partial charge in [0, 0.05) is 17.5 Å². The van der Waals surface area contributed by atoms with Gasteiger partial charge in [-0.1, -0.05) is 17.7 Å². The Labute approximate surface area is 122 Å². The van der Waals surface area contributed by atoms with Gasteiger partial charge in [-0.3, -0.25) is 4.79 Å². The van der Waals surface area contributed by atoms with Crippen LogP contribution in [0.1, 0.15) is 21.9 Å². The molecule has 1 aromatic carbocycles. The molecular weight excluding hydrogens is 274 g/mol. The average Bonchev–Trinajstić information content (AvgIpc) is 2.87. The molecule has 0 aliphatic rings. The lowest BCUT2D eigenvalue weighted by Crippen LogP contribution is -2.00. The smallest absolute Gasteiger partial charge is 0.303 e. The van der Waals surface area contributed by atoms with Gasteiger partial charge in [0.2, 0.25) is 0 Å². The molecule has 0 aliphatic heterocycles. The summed E-state index contributed by atoms with van der Waals surface area (Å²) >= 11 is 1.56. The van der Waals surface area contributed by atoms with Gasteiger partial charge in [0.1, 0.15) is 5.75 Å². The Kier molecular flexibility index (Phi) is 5.12. The molecule has 0 amide bonds. The second-order valence-electron chi connectivity index (χ2n) is 4.53. The second-order valence-corrected chi connectivity index (χ2v) is 5.73. The summed E-state index contributed by atoms with van der Waals surface area (Å²) in [6, 6.07) is 7.94. The summed E-state index contributed by atoms with van der Waals surface area (Å²) in [6.07, 6.45) is 3.20. The van der Waals surface area contributed by atoms with E-state index in [4.69, 9.17) is 9.84 Å². The third-order valence-corrected chi connectivity index (χ3v) is 3.91. The van der Waals surface area contributed by atoms with Crippen LogP contribution in [0.5, 0.6) is 5.75 Å². The first-order chi connectivity index (χ1) is 9.63. The second kappa shape index (κ2) is 7.05. The van der Waals surface area contributed by atoms with Crippen molar-refractivity contribution in [3.8, 4) is 5.75 Å². The highest BCUT2D eigenvalue weighted by Crippen LogP contribution is 2.16. The molecule has 2 aromatic rings. The minimum absolute atomic E-state index is 0.154. The molecule has 20 heavy (non-hydrogen) atoms. The highest BCUT2D eigenvalue weighted by molar-refractivity contribution is 7.11. The number of benzene rings is 1. The number of hydrogen-bond donors (Lipinski definition) is 1. The molecule has 0 unspecified atom stereocenters. The number of carboxylic acids is 1. The van der Waals surface area contributed by atoms with E-state index in [9.17, 15) is 4.79 Å². The molecule has 1 aromatic heterocycles. The first-order valence-electron chi connectivity index (χ1n) is 6.48. The van der Waals surface area contributed by atoms with Crippen LogP contribution in [0.25, 0.3) is 0 Å². The molecule has 0 saturated carbocycles. The van der Waals surface area contributed by atoms with Crippen LogP contribution in [0.15, 0.2) is 30.5 Å². The van der Waals surface area contributed by atoms with Crippen LogP contribution in [0.3, 0.4) is 0 Å². The van der Waals surface area contributed by atoms with E-state index in [1.807, 2.05) is 31.2 Å². The molecule has 5 heteroatoms. The number of aryl methyl sites for hydroxylation is 2.